The number of carboxylic acids is 1. The van der Waals surface area contributed by atoms with Gasteiger partial charge in [0.05, 0.1) is 3.79 Å². The van der Waals surface area contributed by atoms with Gasteiger partial charge in [-0.15, -0.1) is 11.3 Å². The Kier molecular flexibility index (Phi) is 4.48. The number of fused-ring (bicyclic) bond motifs is 1. The lowest BCUT2D eigenvalue weighted by molar-refractivity contribution is -0.148. The number of likely N-dealkylation sites (tertiary alicyclic amines) is 1. The van der Waals surface area contributed by atoms with Gasteiger partial charge in [-0.3, -0.25) is 9.69 Å². The topological polar surface area (TPSA) is 40.5 Å². The summed E-state index contributed by atoms with van der Waals surface area (Å²) in [6, 6.07) is 2.29. The highest BCUT2D eigenvalue weighted by Crippen LogP contribution is 2.39. The first kappa shape index (κ1) is 14.5. The zero-order valence-corrected chi connectivity index (χ0v) is 13.8. The van der Waals surface area contributed by atoms with E-state index >= 15 is 0 Å². The van der Waals surface area contributed by atoms with Crippen LogP contribution in [0, 0.1) is 5.92 Å². The van der Waals surface area contributed by atoms with E-state index in [-0.39, 0.29) is 6.04 Å². The van der Waals surface area contributed by atoms with Crippen molar-refractivity contribution in [3.63, 3.8) is 0 Å². The number of nitrogens with zero attached hydrogens (tertiary/aromatic N) is 1. The molecular formula is C15H20BrNO2S. The number of hydrogen-bond donors (Lipinski definition) is 1. The van der Waals surface area contributed by atoms with Crippen molar-refractivity contribution < 1.29 is 9.90 Å². The standard InChI is InChI=1S/C15H20BrNO2S/c16-14-7-10(9-20-14)8-17-12-4-2-1-3-11(12)5-6-13(17)15(18)19/h7,9,11-13H,1-6,8H2,(H,18,19). The minimum Gasteiger partial charge on any atom is -0.480 e. The first-order valence-electron chi connectivity index (χ1n) is 7.36. The number of aliphatic carboxylic acids is 1. The molecule has 0 aromatic carbocycles. The van der Waals surface area contributed by atoms with E-state index < -0.39 is 5.97 Å². The first-order chi connectivity index (χ1) is 9.65. The molecule has 2 heterocycles. The zero-order chi connectivity index (χ0) is 14.1. The van der Waals surface area contributed by atoms with E-state index in [0.717, 1.165) is 23.2 Å². The highest BCUT2D eigenvalue weighted by molar-refractivity contribution is 9.11. The van der Waals surface area contributed by atoms with E-state index in [9.17, 15) is 9.90 Å². The molecule has 5 heteroatoms. The Labute approximate surface area is 132 Å². The molecule has 1 aromatic heterocycles. The summed E-state index contributed by atoms with van der Waals surface area (Å²) in [4.78, 5) is 13.9. The zero-order valence-electron chi connectivity index (χ0n) is 11.4. The Morgan fingerprint density at radius 1 is 1.35 bits per heavy atom. The lowest BCUT2D eigenvalue weighted by atomic mass is 9.76. The maximum absolute atomic E-state index is 11.6. The second kappa shape index (κ2) is 6.16. The van der Waals surface area contributed by atoms with Crippen LogP contribution in [0.3, 0.4) is 0 Å². The largest absolute Gasteiger partial charge is 0.480 e. The Hall–Kier alpha value is -0.390. The van der Waals surface area contributed by atoms with Crippen molar-refractivity contribution in [1.29, 1.82) is 0 Å². The predicted octanol–water partition coefficient (Wildman–Crippen LogP) is 4.12. The van der Waals surface area contributed by atoms with Crippen LogP contribution in [-0.2, 0) is 11.3 Å². The summed E-state index contributed by atoms with van der Waals surface area (Å²) in [6.45, 7) is 0.778. The third-order valence-corrected chi connectivity index (χ3v) is 6.33. The number of thiophene rings is 1. The summed E-state index contributed by atoms with van der Waals surface area (Å²) in [5.74, 6) is 0.0599. The fraction of sp³-hybridized carbons (Fsp3) is 0.667. The Morgan fingerprint density at radius 2 is 2.15 bits per heavy atom. The highest BCUT2D eigenvalue weighted by Gasteiger charge is 2.41. The van der Waals surface area contributed by atoms with Crippen molar-refractivity contribution in [2.24, 2.45) is 5.92 Å². The molecule has 0 radical (unpaired) electrons. The molecule has 3 unspecified atom stereocenters. The summed E-state index contributed by atoms with van der Waals surface area (Å²) in [5, 5.41) is 11.7. The van der Waals surface area contributed by atoms with Crippen molar-refractivity contribution in [2.45, 2.75) is 57.2 Å². The highest BCUT2D eigenvalue weighted by atomic mass is 79.9. The van der Waals surface area contributed by atoms with Crippen LogP contribution in [-0.4, -0.2) is 28.1 Å². The van der Waals surface area contributed by atoms with Gasteiger partial charge in [0, 0.05) is 12.6 Å². The number of hydrogen-bond acceptors (Lipinski definition) is 3. The van der Waals surface area contributed by atoms with Gasteiger partial charge in [0.1, 0.15) is 6.04 Å². The SMILES string of the molecule is O=C(O)C1CCC2CCCCC2N1Cc1csc(Br)c1. The number of halogens is 1. The molecule has 1 saturated carbocycles. The second-order valence-electron chi connectivity index (χ2n) is 5.97. The van der Waals surface area contributed by atoms with Gasteiger partial charge in [-0.2, -0.15) is 0 Å². The van der Waals surface area contributed by atoms with Crippen molar-refractivity contribution in [1.82, 2.24) is 4.90 Å². The van der Waals surface area contributed by atoms with E-state index in [2.05, 4.69) is 32.3 Å². The average molecular weight is 358 g/mol. The molecule has 20 heavy (non-hydrogen) atoms. The molecular weight excluding hydrogens is 338 g/mol. The molecule has 2 aliphatic rings. The van der Waals surface area contributed by atoms with Crippen molar-refractivity contribution in [2.75, 3.05) is 0 Å². The van der Waals surface area contributed by atoms with Crippen LogP contribution in [0.1, 0.15) is 44.1 Å². The van der Waals surface area contributed by atoms with E-state index in [1.807, 2.05) is 0 Å². The van der Waals surface area contributed by atoms with Crippen molar-refractivity contribution in [3.05, 3.63) is 20.8 Å². The molecule has 2 fully saturated rings. The van der Waals surface area contributed by atoms with Crippen LogP contribution in [0.4, 0.5) is 0 Å². The van der Waals surface area contributed by atoms with Gasteiger partial charge in [-0.25, -0.2) is 0 Å². The van der Waals surface area contributed by atoms with E-state index in [4.69, 9.17) is 0 Å². The lowest BCUT2D eigenvalue weighted by Gasteiger charge is -2.47. The van der Waals surface area contributed by atoms with E-state index in [0.29, 0.717) is 12.0 Å². The Morgan fingerprint density at radius 3 is 2.85 bits per heavy atom. The van der Waals surface area contributed by atoms with Crippen LogP contribution in [0.15, 0.2) is 15.2 Å². The third-order valence-electron chi connectivity index (χ3n) is 4.78. The molecule has 110 valence electrons. The molecule has 3 atom stereocenters. The second-order valence-corrected chi connectivity index (χ2v) is 8.27. The molecule has 1 aromatic rings. The number of rotatable bonds is 3. The third kappa shape index (κ3) is 2.95. The smallest absolute Gasteiger partial charge is 0.320 e. The first-order valence-corrected chi connectivity index (χ1v) is 9.04. The molecule has 0 amide bonds. The maximum atomic E-state index is 11.6. The summed E-state index contributed by atoms with van der Waals surface area (Å²) >= 11 is 5.17. The summed E-state index contributed by atoms with van der Waals surface area (Å²) in [5.41, 5.74) is 1.24. The van der Waals surface area contributed by atoms with Crippen LogP contribution >= 0.6 is 27.3 Å². The van der Waals surface area contributed by atoms with Gasteiger partial charge in [0.25, 0.3) is 0 Å². The average Bonchev–Trinajstić information content (AvgIpc) is 2.84. The maximum Gasteiger partial charge on any atom is 0.320 e. The van der Waals surface area contributed by atoms with Crippen molar-refractivity contribution in [3.8, 4) is 0 Å². The summed E-state index contributed by atoms with van der Waals surface area (Å²) in [6.07, 6.45) is 6.90. The van der Waals surface area contributed by atoms with Gasteiger partial charge < -0.3 is 5.11 Å². The van der Waals surface area contributed by atoms with Crippen LogP contribution in [0.5, 0.6) is 0 Å². The minimum absolute atomic E-state index is 0.298. The molecule has 1 N–H and O–H groups in total. The van der Waals surface area contributed by atoms with Crippen LogP contribution in [0.2, 0.25) is 0 Å². The minimum atomic E-state index is -0.650. The summed E-state index contributed by atoms with van der Waals surface area (Å²) in [7, 11) is 0. The fourth-order valence-corrected chi connectivity index (χ4v) is 5.06. The summed E-state index contributed by atoms with van der Waals surface area (Å²) < 4.78 is 1.12. The van der Waals surface area contributed by atoms with E-state index in [1.165, 1.54) is 31.2 Å². The molecule has 0 spiro atoms. The number of carboxylic acid groups (broad SMARTS) is 1. The molecule has 0 bridgehead atoms. The molecule has 1 aliphatic heterocycles. The van der Waals surface area contributed by atoms with Gasteiger partial charge >= 0.3 is 5.97 Å². The van der Waals surface area contributed by atoms with Crippen LogP contribution < -0.4 is 0 Å². The molecule has 3 nitrogen and oxygen atoms in total. The monoisotopic (exact) mass is 357 g/mol. The van der Waals surface area contributed by atoms with Crippen LogP contribution in [0.25, 0.3) is 0 Å². The lowest BCUT2D eigenvalue weighted by Crippen LogP contribution is -2.54. The van der Waals surface area contributed by atoms with Gasteiger partial charge in [0.2, 0.25) is 0 Å². The Bertz CT molecular complexity index is 490. The van der Waals surface area contributed by atoms with Crippen molar-refractivity contribution >= 4 is 33.2 Å². The quantitative estimate of drug-likeness (QED) is 0.884. The normalized spacial score (nSPS) is 30.9. The van der Waals surface area contributed by atoms with E-state index in [1.54, 1.807) is 11.3 Å². The van der Waals surface area contributed by atoms with Gasteiger partial charge in [-0.05, 0) is 64.5 Å². The van der Waals surface area contributed by atoms with Gasteiger partial charge in [-0.1, -0.05) is 12.8 Å². The number of piperidine rings is 1. The predicted molar refractivity (Wildman–Crippen MR) is 84.0 cm³/mol. The molecule has 1 aliphatic carbocycles. The Balaban J connectivity index is 1.81. The van der Waals surface area contributed by atoms with Gasteiger partial charge in [0.15, 0.2) is 0 Å². The molecule has 3 rings (SSSR count). The number of carbonyl (C=O) groups is 1. The fourth-order valence-electron chi connectivity index (χ4n) is 3.86. The molecule has 1 saturated heterocycles.